The topological polar surface area (TPSA) is 110 Å². The van der Waals surface area contributed by atoms with E-state index in [0.29, 0.717) is 16.9 Å². The number of benzene rings is 2. The number of nitrogens with one attached hydrogen (secondary N) is 1. The molecule has 0 atom stereocenters. The number of rotatable bonds is 6. The lowest BCUT2D eigenvalue weighted by atomic mass is 10.1. The predicted molar refractivity (Wildman–Crippen MR) is 108 cm³/mol. The van der Waals surface area contributed by atoms with Gasteiger partial charge in [-0.25, -0.2) is 10.2 Å². The van der Waals surface area contributed by atoms with Gasteiger partial charge in [0.2, 0.25) is 0 Å². The Bertz CT molecular complexity index is 1160. The molecular weight excluding hydrogens is 400 g/mol. The summed E-state index contributed by atoms with van der Waals surface area (Å²) in [7, 11) is 1.39. The first-order valence-electron chi connectivity index (χ1n) is 8.43. The van der Waals surface area contributed by atoms with Gasteiger partial charge in [0.15, 0.2) is 18.1 Å². The number of carbonyl (C=O) groups is 1. The largest absolute Gasteiger partial charge is 0.503 e. The highest BCUT2D eigenvalue weighted by molar-refractivity contribution is 6.32. The minimum atomic E-state index is -0.496. The summed E-state index contributed by atoms with van der Waals surface area (Å²) in [6.45, 7) is 1.51. The molecule has 1 aromatic heterocycles. The lowest BCUT2D eigenvalue weighted by molar-refractivity contribution is -0.123. The van der Waals surface area contributed by atoms with Gasteiger partial charge in [-0.2, -0.15) is 5.10 Å². The summed E-state index contributed by atoms with van der Waals surface area (Å²) in [5.74, 6) is -0.110. The molecular formula is C20H17ClN2O6. The van der Waals surface area contributed by atoms with E-state index in [1.54, 1.807) is 18.2 Å². The number of phenols is 1. The summed E-state index contributed by atoms with van der Waals surface area (Å²) in [5, 5.41) is 14.4. The molecule has 0 radical (unpaired) electrons. The van der Waals surface area contributed by atoms with Gasteiger partial charge >= 0.3 is 5.63 Å². The van der Waals surface area contributed by atoms with Crippen molar-refractivity contribution >= 4 is 34.7 Å². The number of hydrogen-bond acceptors (Lipinski definition) is 7. The minimum Gasteiger partial charge on any atom is -0.503 e. The number of halogens is 1. The summed E-state index contributed by atoms with van der Waals surface area (Å²) in [6.07, 6.45) is 1.35. The summed E-state index contributed by atoms with van der Waals surface area (Å²) >= 11 is 5.89. The van der Waals surface area contributed by atoms with E-state index in [1.807, 2.05) is 6.92 Å². The van der Waals surface area contributed by atoms with Gasteiger partial charge in [-0.05, 0) is 42.3 Å². The second-order valence-corrected chi connectivity index (χ2v) is 6.45. The quantitative estimate of drug-likeness (QED) is 0.363. The molecule has 0 saturated heterocycles. The molecule has 8 nitrogen and oxygen atoms in total. The molecule has 0 spiro atoms. The fraction of sp³-hybridized carbons (Fsp3) is 0.150. The van der Waals surface area contributed by atoms with Crippen LogP contribution < -0.4 is 20.5 Å². The maximum absolute atomic E-state index is 11.9. The van der Waals surface area contributed by atoms with Crippen LogP contribution >= 0.6 is 11.6 Å². The number of amides is 1. The van der Waals surface area contributed by atoms with Crippen molar-refractivity contribution < 1.29 is 23.8 Å². The van der Waals surface area contributed by atoms with Crippen molar-refractivity contribution in [1.82, 2.24) is 5.43 Å². The molecule has 0 aliphatic heterocycles. The Balaban J connectivity index is 1.60. The third kappa shape index (κ3) is 4.85. The molecule has 1 heterocycles. The van der Waals surface area contributed by atoms with Crippen molar-refractivity contribution in [3.63, 3.8) is 0 Å². The van der Waals surface area contributed by atoms with E-state index in [1.165, 1.54) is 31.5 Å². The monoisotopic (exact) mass is 416 g/mol. The Morgan fingerprint density at radius 3 is 2.86 bits per heavy atom. The average Bonchev–Trinajstić information content (AvgIpc) is 2.68. The van der Waals surface area contributed by atoms with Crippen molar-refractivity contribution in [3.8, 4) is 17.2 Å². The number of ether oxygens (including phenoxy) is 2. The zero-order valence-corrected chi connectivity index (χ0v) is 16.3. The number of fused-ring (bicyclic) bond motifs is 1. The van der Waals surface area contributed by atoms with Crippen LogP contribution in [0, 0.1) is 6.92 Å². The van der Waals surface area contributed by atoms with Gasteiger partial charge in [0, 0.05) is 17.5 Å². The number of aryl methyl sites for hydroxylation is 1. The fourth-order valence-corrected chi connectivity index (χ4v) is 2.80. The maximum atomic E-state index is 11.9. The zero-order chi connectivity index (χ0) is 21.0. The van der Waals surface area contributed by atoms with Crippen LogP contribution in [0.25, 0.3) is 11.0 Å². The van der Waals surface area contributed by atoms with Gasteiger partial charge in [0.25, 0.3) is 5.91 Å². The molecule has 150 valence electrons. The lowest BCUT2D eigenvalue weighted by Gasteiger charge is -2.07. The summed E-state index contributed by atoms with van der Waals surface area (Å²) in [5.41, 5.74) is 3.55. The number of hydrazone groups is 1. The predicted octanol–water partition coefficient (Wildman–Crippen LogP) is 3.00. The highest BCUT2D eigenvalue weighted by Gasteiger charge is 2.09. The van der Waals surface area contributed by atoms with Crippen molar-refractivity contribution in [2.45, 2.75) is 6.92 Å². The van der Waals surface area contributed by atoms with Gasteiger partial charge in [-0.15, -0.1) is 0 Å². The van der Waals surface area contributed by atoms with E-state index in [4.69, 9.17) is 25.5 Å². The molecule has 1 amide bonds. The molecule has 0 unspecified atom stereocenters. The fourth-order valence-electron chi connectivity index (χ4n) is 2.58. The van der Waals surface area contributed by atoms with E-state index in [2.05, 4.69) is 10.5 Å². The standard InChI is InChI=1S/C20H17ClN2O6/c1-11-5-19(25)29-16-8-13(3-4-14(11)16)28-10-18(24)23-22-9-12-6-15(21)20(26)17(7-12)27-2/h3-9,26H,10H2,1-2H3,(H,23,24)/b22-9+. The lowest BCUT2D eigenvalue weighted by Crippen LogP contribution is -2.24. The Morgan fingerprint density at radius 1 is 1.31 bits per heavy atom. The van der Waals surface area contributed by atoms with Crippen LogP contribution in [0.5, 0.6) is 17.2 Å². The Labute approximate surface area is 170 Å². The van der Waals surface area contributed by atoms with Crippen LogP contribution in [0.4, 0.5) is 0 Å². The van der Waals surface area contributed by atoms with Crippen molar-refractivity contribution in [2.75, 3.05) is 13.7 Å². The first-order valence-corrected chi connectivity index (χ1v) is 8.81. The smallest absolute Gasteiger partial charge is 0.336 e. The zero-order valence-electron chi connectivity index (χ0n) is 15.6. The summed E-state index contributed by atoms with van der Waals surface area (Å²) < 4.78 is 15.5. The first-order chi connectivity index (χ1) is 13.9. The molecule has 0 aliphatic carbocycles. The Kier molecular flexibility index (Phi) is 6.04. The van der Waals surface area contributed by atoms with Gasteiger partial charge in [0.1, 0.15) is 11.3 Å². The highest BCUT2D eigenvalue weighted by atomic mass is 35.5. The van der Waals surface area contributed by atoms with E-state index in [-0.39, 0.29) is 23.1 Å². The number of hydrogen-bond donors (Lipinski definition) is 2. The van der Waals surface area contributed by atoms with Crippen LogP contribution in [-0.4, -0.2) is 30.9 Å². The molecule has 9 heteroatoms. The van der Waals surface area contributed by atoms with Crippen LogP contribution in [0.3, 0.4) is 0 Å². The van der Waals surface area contributed by atoms with E-state index < -0.39 is 11.5 Å². The molecule has 3 aromatic rings. The first kappa shape index (κ1) is 20.2. The molecule has 0 bridgehead atoms. The van der Waals surface area contributed by atoms with Gasteiger partial charge in [-0.1, -0.05) is 11.6 Å². The minimum absolute atomic E-state index is 0.0960. The average molecular weight is 417 g/mol. The number of methoxy groups -OCH3 is 1. The highest BCUT2D eigenvalue weighted by Crippen LogP contribution is 2.34. The third-order valence-corrected chi connectivity index (χ3v) is 4.25. The van der Waals surface area contributed by atoms with Crippen molar-refractivity contribution in [3.05, 3.63) is 63.0 Å². The summed E-state index contributed by atoms with van der Waals surface area (Å²) in [4.78, 5) is 23.4. The maximum Gasteiger partial charge on any atom is 0.336 e. The van der Waals surface area contributed by atoms with Gasteiger partial charge in [0.05, 0.1) is 18.3 Å². The number of nitrogens with zero attached hydrogens (tertiary/aromatic N) is 1. The van der Waals surface area contributed by atoms with Gasteiger partial charge < -0.3 is 19.0 Å². The van der Waals surface area contributed by atoms with Crippen molar-refractivity contribution in [2.24, 2.45) is 5.10 Å². The number of carbonyl (C=O) groups excluding carboxylic acids is 1. The molecule has 2 N–H and O–H groups in total. The molecule has 29 heavy (non-hydrogen) atoms. The van der Waals surface area contributed by atoms with Crippen LogP contribution in [0.2, 0.25) is 5.02 Å². The molecule has 0 fully saturated rings. The SMILES string of the molecule is COc1cc(/C=N/NC(=O)COc2ccc3c(C)cc(=O)oc3c2)cc(Cl)c1O. The molecule has 3 rings (SSSR count). The van der Waals surface area contributed by atoms with Crippen LogP contribution in [0.15, 0.2) is 50.7 Å². The Hall–Kier alpha value is -3.52. The van der Waals surface area contributed by atoms with Crippen molar-refractivity contribution in [1.29, 1.82) is 0 Å². The molecule has 2 aromatic carbocycles. The number of phenolic OH excluding ortho intramolecular Hbond substituents is 1. The summed E-state index contributed by atoms with van der Waals surface area (Å²) in [6, 6.07) is 9.36. The normalized spacial score (nSPS) is 11.0. The third-order valence-electron chi connectivity index (χ3n) is 3.97. The number of aromatic hydroxyl groups is 1. The van der Waals surface area contributed by atoms with Crippen LogP contribution in [0.1, 0.15) is 11.1 Å². The van der Waals surface area contributed by atoms with E-state index in [9.17, 15) is 14.7 Å². The second kappa shape index (κ2) is 8.66. The van der Waals surface area contributed by atoms with Gasteiger partial charge in [-0.3, -0.25) is 4.79 Å². The molecule has 0 saturated carbocycles. The van der Waals surface area contributed by atoms with E-state index in [0.717, 1.165) is 10.9 Å². The van der Waals surface area contributed by atoms with E-state index >= 15 is 0 Å². The molecule has 0 aliphatic rings. The second-order valence-electron chi connectivity index (χ2n) is 6.04. The van der Waals surface area contributed by atoms with Crippen LogP contribution in [-0.2, 0) is 4.79 Å². The Morgan fingerprint density at radius 2 is 2.10 bits per heavy atom.